The summed E-state index contributed by atoms with van der Waals surface area (Å²) in [5.74, 6) is 0.543. The Morgan fingerprint density at radius 1 is 1.53 bits per heavy atom. The van der Waals surface area contributed by atoms with Crippen LogP contribution in [0.4, 0.5) is 0 Å². The standard InChI is InChI=1S/C14H17N3O2/c1-10-4-3-5-13(6-10)19-9-14(18)17-11(2)12-7-15-16-8-12/h3-8,11H,9H2,1-2H3,(H,15,16)(H,17,18). The lowest BCUT2D eigenvalue weighted by atomic mass is 10.2. The van der Waals surface area contributed by atoms with Crippen molar-refractivity contribution in [1.29, 1.82) is 0 Å². The quantitative estimate of drug-likeness (QED) is 0.862. The number of aromatic nitrogens is 2. The molecular formula is C14H17N3O2. The van der Waals surface area contributed by atoms with Crippen LogP contribution in [0.2, 0.25) is 0 Å². The predicted octanol–water partition coefficient (Wildman–Crippen LogP) is 1.97. The van der Waals surface area contributed by atoms with Gasteiger partial charge in [0.15, 0.2) is 6.61 Å². The van der Waals surface area contributed by atoms with Crippen molar-refractivity contribution in [2.24, 2.45) is 0 Å². The van der Waals surface area contributed by atoms with Gasteiger partial charge < -0.3 is 10.1 Å². The average molecular weight is 259 g/mol. The van der Waals surface area contributed by atoms with Gasteiger partial charge in [-0.15, -0.1) is 0 Å². The van der Waals surface area contributed by atoms with Crippen LogP contribution in [-0.2, 0) is 4.79 Å². The van der Waals surface area contributed by atoms with E-state index in [0.29, 0.717) is 5.75 Å². The van der Waals surface area contributed by atoms with Crippen LogP contribution in [0, 0.1) is 6.92 Å². The highest BCUT2D eigenvalue weighted by Crippen LogP contribution is 2.12. The molecule has 0 aliphatic rings. The van der Waals surface area contributed by atoms with Gasteiger partial charge in [0.2, 0.25) is 0 Å². The van der Waals surface area contributed by atoms with E-state index < -0.39 is 0 Å². The number of benzene rings is 1. The third-order valence-electron chi connectivity index (χ3n) is 2.76. The molecule has 0 aliphatic carbocycles. The van der Waals surface area contributed by atoms with Crippen molar-refractivity contribution in [1.82, 2.24) is 15.5 Å². The maximum atomic E-state index is 11.7. The molecule has 1 atom stereocenters. The number of hydrogen-bond donors (Lipinski definition) is 2. The van der Waals surface area contributed by atoms with Crippen molar-refractivity contribution in [3.63, 3.8) is 0 Å². The summed E-state index contributed by atoms with van der Waals surface area (Å²) >= 11 is 0. The second-order valence-electron chi connectivity index (χ2n) is 4.43. The molecule has 2 aromatic rings. The van der Waals surface area contributed by atoms with Gasteiger partial charge in [0.05, 0.1) is 12.2 Å². The Bertz CT molecular complexity index is 537. The lowest BCUT2D eigenvalue weighted by Gasteiger charge is -2.12. The van der Waals surface area contributed by atoms with Crippen LogP contribution in [0.15, 0.2) is 36.7 Å². The number of hydrogen-bond acceptors (Lipinski definition) is 3. The Hall–Kier alpha value is -2.30. The zero-order valence-corrected chi connectivity index (χ0v) is 11.0. The van der Waals surface area contributed by atoms with Gasteiger partial charge in [0.1, 0.15) is 5.75 Å². The first kappa shape index (κ1) is 13.1. The molecule has 2 N–H and O–H groups in total. The van der Waals surface area contributed by atoms with Crippen LogP contribution < -0.4 is 10.1 Å². The molecule has 0 bridgehead atoms. The van der Waals surface area contributed by atoms with E-state index in [1.54, 1.807) is 12.4 Å². The Morgan fingerprint density at radius 3 is 3.05 bits per heavy atom. The summed E-state index contributed by atoms with van der Waals surface area (Å²) in [6, 6.07) is 7.52. The summed E-state index contributed by atoms with van der Waals surface area (Å²) in [5, 5.41) is 9.40. The molecule has 19 heavy (non-hydrogen) atoms. The summed E-state index contributed by atoms with van der Waals surface area (Å²) < 4.78 is 5.43. The number of carbonyl (C=O) groups excluding carboxylic acids is 1. The summed E-state index contributed by atoms with van der Waals surface area (Å²) in [6.45, 7) is 3.88. The molecule has 5 nitrogen and oxygen atoms in total. The smallest absolute Gasteiger partial charge is 0.258 e. The third-order valence-corrected chi connectivity index (χ3v) is 2.76. The zero-order chi connectivity index (χ0) is 13.7. The van der Waals surface area contributed by atoms with Gasteiger partial charge in [-0.3, -0.25) is 9.89 Å². The number of ether oxygens (including phenoxy) is 1. The fourth-order valence-corrected chi connectivity index (χ4v) is 1.72. The Labute approximate surface area is 112 Å². The van der Waals surface area contributed by atoms with E-state index in [2.05, 4.69) is 15.5 Å². The first-order valence-electron chi connectivity index (χ1n) is 6.12. The maximum Gasteiger partial charge on any atom is 0.258 e. The number of rotatable bonds is 5. The van der Waals surface area contributed by atoms with Gasteiger partial charge in [0.25, 0.3) is 5.91 Å². The van der Waals surface area contributed by atoms with Crippen molar-refractivity contribution in [2.75, 3.05) is 6.61 Å². The fourth-order valence-electron chi connectivity index (χ4n) is 1.72. The van der Waals surface area contributed by atoms with E-state index in [1.165, 1.54) is 0 Å². The second-order valence-corrected chi connectivity index (χ2v) is 4.43. The fraction of sp³-hybridized carbons (Fsp3) is 0.286. The average Bonchev–Trinajstić information content (AvgIpc) is 2.90. The van der Waals surface area contributed by atoms with E-state index in [1.807, 2.05) is 38.1 Å². The topological polar surface area (TPSA) is 67.0 Å². The van der Waals surface area contributed by atoms with Gasteiger partial charge in [-0.05, 0) is 31.5 Å². The molecule has 0 saturated carbocycles. The summed E-state index contributed by atoms with van der Waals surface area (Å²) in [4.78, 5) is 11.7. The molecule has 0 aliphatic heterocycles. The van der Waals surface area contributed by atoms with Gasteiger partial charge in [-0.1, -0.05) is 12.1 Å². The van der Waals surface area contributed by atoms with Crippen LogP contribution in [-0.4, -0.2) is 22.7 Å². The van der Waals surface area contributed by atoms with Crippen molar-refractivity contribution in [3.8, 4) is 5.75 Å². The molecule has 100 valence electrons. The summed E-state index contributed by atoms with van der Waals surface area (Å²) in [7, 11) is 0. The highest BCUT2D eigenvalue weighted by molar-refractivity contribution is 5.77. The minimum Gasteiger partial charge on any atom is -0.484 e. The maximum absolute atomic E-state index is 11.7. The van der Waals surface area contributed by atoms with E-state index in [4.69, 9.17) is 4.74 Å². The van der Waals surface area contributed by atoms with E-state index in [0.717, 1.165) is 11.1 Å². The molecule has 1 aromatic heterocycles. The second kappa shape index (κ2) is 6.04. The van der Waals surface area contributed by atoms with Crippen LogP contribution in [0.5, 0.6) is 5.75 Å². The van der Waals surface area contributed by atoms with E-state index >= 15 is 0 Å². The zero-order valence-electron chi connectivity index (χ0n) is 11.0. The van der Waals surface area contributed by atoms with Crippen LogP contribution in [0.3, 0.4) is 0 Å². The van der Waals surface area contributed by atoms with Gasteiger partial charge in [-0.2, -0.15) is 5.10 Å². The monoisotopic (exact) mass is 259 g/mol. The molecule has 0 radical (unpaired) electrons. The molecule has 1 aromatic carbocycles. The van der Waals surface area contributed by atoms with Crippen molar-refractivity contribution < 1.29 is 9.53 Å². The first-order chi connectivity index (χ1) is 9.15. The molecule has 1 heterocycles. The number of aryl methyl sites for hydroxylation is 1. The third kappa shape index (κ3) is 3.84. The molecule has 0 spiro atoms. The minimum absolute atomic E-state index is 0.00560. The Morgan fingerprint density at radius 2 is 2.37 bits per heavy atom. The molecule has 2 rings (SSSR count). The lowest BCUT2D eigenvalue weighted by molar-refractivity contribution is -0.123. The predicted molar refractivity (Wildman–Crippen MR) is 71.8 cm³/mol. The van der Waals surface area contributed by atoms with E-state index in [-0.39, 0.29) is 18.6 Å². The van der Waals surface area contributed by atoms with Gasteiger partial charge in [-0.25, -0.2) is 0 Å². The summed E-state index contributed by atoms with van der Waals surface area (Å²) in [6.07, 6.45) is 3.44. The van der Waals surface area contributed by atoms with E-state index in [9.17, 15) is 4.79 Å². The van der Waals surface area contributed by atoms with Gasteiger partial charge in [0, 0.05) is 11.8 Å². The van der Waals surface area contributed by atoms with Crippen molar-refractivity contribution in [3.05, 3.63) is 47.8 Å². The molecule has 1 unspecified atom stereocenters. The highest BCUT2D eigenvalue weighted by atomic mass is 16.5. The normalized spacial score (nSPS) is 11.9. The Balaban J connectivity index is 1.82. The number of H-pyrrole nitrogens is 1. The molecule has 0 saturated heterocycles. The van der Waals surface area contributed by atoms with Crippen molar-refractivity contribution >= 4 is 5.91 Å². The molecule has 0 fully saturated rings. The number of nitrogens with one attached hydrogen (secondary N) is 2. The molecule has 1 amide bonds. The highest BCUT2D eigenvalue weighted by Gasteiger charge is 2.10. The van der Waals surface area contributed by atoms with Crippen LogP contribution in [0.1, 0.15) is 24.1 Å². The Kier molecular flexibility index (Phi) is 4.18. The molecular weight excluding hydrogens is 242 g/mol. The lowest BCUT2D eigenvalue weighted by Crippen LogP contribution is -2.31. The van der Waals surface area contributed by atoms with Crippen molar-refractivity contribution in [2.45, 2.75) is 19.9 Å². The number of carbonyl (C=O) groups is 1. The minimum atomic E-state index is -0.157. The summed E-state index contributed by atoms with van der Waals surface area (Å²) in [5.41, 5.74) is 2.04. The molecule has 5 heteroatoms. The van der Waals surface area contributed by atoms with Gasteiger partial charge >= 0.3 is 0 Å². The van der Waals surface area contributed by atoms with Crippen LogP contribution in [0.25, 0.3) is 0 Å². The van der Waals surface area contributed by atoms with Crippen LogP contribution >= 0.6 is 0 Å². The number of aromatic amines is 1. The number of nitrogens with zero attached hydrogens (tertiary/aromatic N) is 1. The first-order valence-corrected chi connectivity index (χ1v) is 6.12. The number of amides is 1. The largest absolute Gasteiger partial charge is 0.484 e. The SMILES string of the molecule is Cc1cccc(OCC(=O)NC(C)c2cn[nH]c2)c1.